The zero-order valence-corrected chi connectivity index (χ0v) is 18.9. The average molecular weight is 403 g/mol. The van der Waals surface area contributed by atoms with Crippen LogP contribution in [0.3, 0.4) is 0 Å². The van der Waals surface area contributed by atoms with E-state index in [1.165, 1.54) is 6.08 Å². The van der Waals surface area contributed by atoms with Crippen LogP contribution in [0.15, 0.2) is 12.7 Å². The minimum Gasteiger partial charge on any atom is -0.463 e. The van der Waals surface area contributed by atoms with E-state index in [4.69, 9.17) is 18.0 Å². The molecule has 0 aliphatic carbocycles. The van der Waals surface area contributed by atoms with Gasteiger partial charge in [-0.1, -0.05) is 59.5 Å². The Hall–Kier alpha value is -0.693. The third kappa shape index (κ3) is 15.0. The van der Waals surface area contributed by atoms with E-state index in [1.54, 1.807) is 0 Å². The predicted octanol–water partition coefficient (Wildman–Crippen LogP) is 5.67. The predicted molar refractivity (Wildman–Crippen MR) is 113 cm³/mol. The first-order valence-corrected chi connectivity index (χ1v) is 12.8. The maximum Gasteiger partial charge on any atom is 0.500 e. The number of hydrogen-bond donors (Lipinski definition) is 0. The Morgan fingerprint density at radius 2 is 1.22 bits per heavy atom. The average Bonchev–Trinajstić information content (AvgIpc) is 2.67. The number of carbonyl (C=O) groups is 1. The van der Waals surface area contributed by atoms with E-state index < -0.39 is 8.80 Å². The third-order valence-electron chi connectivity index (χ3n) is 4.25. The van der Waals surface area contributed by atoms with Gasteiger partial charge in [0.1, 0.15) is 0 Å². The summed E-state index contributed by atoms with van der Waals surface area (Å²) < 4.78 is 23.8. The van der Waals surface area contributed by atoms with Crippen LogP contribution in [0.4, 0.5) is 0 Å². The standard InChI is InChI=1S/C21H42O5Si/c1-5-9-17-24-27(25-18-10-6-2,26-19-11-7-3)20-15-13-12-14-16-23-21(22)8-4/h8H,4-7,9-20H2,1-3H3. The van der Waals surface area contributed by atoms with Gasteiger partial charge < -0.3 is 18.0 Å². The molecule has 0 radical (unpaired) electrons. The van der Waals surface area contributed by atoms with Gasteiger partial charge in [0.15, 0.2) is 0 Å². The molecule has 0 aromatic carbocycles. The summed E-state index contributed by atoms with van der Waals surface area (Å²) in [4.78, 5) is 11.0. The molecule has 0 unspecified atom stereocenters. The van der Waals surface area contributed by atoms with Crippen LogP contribution in [0.5, 0.6) is 0 Å². The van der Waals surface area contributed by atoms with Crippen LogP contribution >= 0.6 is 0 Å². The Bertz CT molecular complexity index is 336. The second kappa shape index (κ2) is 18.7. The Kier molecular flexibility index (Phi) is 18.2. The first kappa shape index (κ1) is 26.3. The number of carbonyl (C=O) groups excluding carboxylic acids is 1. The zero-order valence-electron chi connectivity index (χ0n) is 17.9. The Balaban J connectivity index is 4.43. The van der Waals surface area contributed by atoms with Crippen LogP contribution in [0.2, 0.25) is 6.04 Å². The highest BCUT2D eigenvalue weighted by atomic mass is 28.4. The van der Waals surface area contributed by atoms with Crippen LogP contribution in [-0.2, 0) is 22.8 Å². The maximum absolute atomic E-state index is 11.0. The number of ether oxygens (including phenoxy) is 1. The SMILES string of the molecule is C=CC(=O)OCCCCCC[Si](OCCCC)(OCCCC)OCCCC. The molecule has 27 heavy (non-hydrogen) atoms. The van der Waals surface area contributed by atoms with Gasteiger partial charge in [-0.05, 0) is 32.1 Å². The van der Waals surface area contributed by atoms with Crippen molar-refractivity contribution >= 4 is 14.8 Å². The summed E-state index contributed by atoms with van der Waals surface area (Å²) in [7, 11) is -2.60. The molecular weight excluding hydrogens is 360 g/mol. The number of esters is 1. The van der Waals surface area contributed by atoms with Gasteiger partial charge in [0.25, 0.3) is 0 Å². The van der Waals surface area contributed by atoms with Gasteiger partial charge in [0.05, 0.1) is 6.61 Å². The van der Waals surface area contributed by atoms with Crippen molar-refractivity contribution in [3.05, 3.63) is 12.7 Å². The van der Waals surface area contributed by atoms with Crippen molar-refractivity contribution in [3.63, 3.8) is 0 Å². The summed E-state index contributed by atoms with van der Waals surface area (Å²) in [5, 5.41) is 0. The van der Waals surface area contributed by atoms with Crippen molar-refractivity contribution in [2.75, 3.05) is 26.4 Å². The van der Waals surface area contributed by atoms with E-state index in [0.717, 1.165) is 90.1 Å². The lowest BCUT2D eigenvalue weighted by atomic mass is 10.2. The molecule has 0 aliphatic rings. The highest BCUT2D eigenvalue weighted by molar-refractivity contribution is 6.60. The molecule has 0 bridgehead atoms. The van der Waals surface area contributed by atoms with Gasteiger partial charge in [-0.3, -0.25) is 0 Å². The summed E-state index contributed by atoms with van der Waals surface area (Å²) in [6.45, 7) is 12.5. The summed E-state index contributed by atoms with van der Waals surface area (Å²) in [5.74, 6) is -0.348. The molecular formula is C21H42O5Si. The van der Waals surface area contributed by atoms with Crippen LogP contribution < -0.4 is 0 Å². The van der Waals surface area contributed by atoms with Gasteiger partial charge in [0.2, 0.25) is 0 Å². The van der Waals surface area contributed by atoms with Gasteiger partial charge in [-0.25, -0.2) is 4.79 Å². The van der Waals surface area contributed by atoms with Gasteiger partial charge in [0, 0.05) is 31.9 Å². The number of unbranched alkanes of at least 4 members (excludes halogenated alkanes) is 6. The topological polar surface area (TPSA) is 54.0 Å². The monoisotopic (exact) mass is 402 g/mol. The fourth-order valence-corrected chi connectivity index (χ4v) is 5.22. The summed E-state index contributed by atoms with van der Waals surface area (Å²) in [5.41, 5.74) is 0. The lowest BCUT2D eigenvalue weighted by Gasteiger charge is -2.30. The van der Waals surface area contributed by atoms with Crippen molar-refractivity contribution in [1.82, 2.24) is 0 Å². The maximum atomic E-state index is 11.0. The van der Waals surface area contributed by atoms with Crippen molar-refractivity contribution < 1.29 is 22.8 Å². The largest absolute Gasteiger partial charge is 0.500 e. The molecule has 0 atom stereocenters. The molecule has 0 aromatic rings. The molecule has 0 rings (SSSR count). The second-order valence-corrected chi connectivity index (χ2v) is 9.56. The number of hydrogen-bond acceptors (Lipinski definition) is 5. The van der Waals surface area contributed by atoms with E-state index in [2.05, 4.69) is 27.4 Å². The van der Waals surface area contributed by atoms with E-state index in [0.29, 0.717) is 6.61 Å². The second-order valence-electron chi connectivity index (χ2n) is 6.82. The lowest BCUT2D eigenvalue weighted by molar-refractivity contribution is -0.137. The molecule has 6 heteroatoms. The molecule has 0 heterocycles. The Morgan fingerprint density at radius 1 is 0.741 bits per heavy atom. The fourth-order valence-electron chi connectivity index (χ4n) is 2.49. The first-order chi connectivity index (χ1) is 13.1. The highest BCUT2D eigenvalue weighted by Crippen LogP contribution is 2.22. The quantitative estimate of drug-likeness (QED) is 0.114. The minimum atomic E-state index is -2.60. The molecule has 0 saturated carbocycles. The van der Waals surface area contributed by atoms with Gasteiger partial charge >= 0.3 is 14.8 Å². The van der Waals surface area contributed by atoms with Crippen molar-refractivity contribution in [1.29, 1.82) is 0 Å². The van der Waals surface area contributed by atoms with E-state index in [-0.39, 0.29) is 5.97 Å². The van der Waals surface area contributed by atoms with Crippen LogP contribution in [0.1, 0.15) is 85.0 Å². The van der Waals surface area contributed by atoms with Crippen LogP contribution in [-0.4, -0.2) is 41.2 Å². The lowest BCUT2D eigenvalue weighted by Crippen LogP contribution is -2.46. The first-order valence-electron chi connectivity index (χ1n) is 10.8. The molecule has 0 amide bonds. The van der Waals surface area contributed by atoms with Crippen molar-refractivity contribution in [2.24, 2.45) is 0 Å². The molecule has 0 aromatic heterocycles. The fraction of sp³-hybridized carbons (Fsp3) is 0.857. The molecule has 0 spiro atoms. The Labute approximate surface area is 168 Å². The molecule has 0 saturated heterocycles. The Morgan fingerprint density at radius 3 is 1.67 bits per heavy atom. The van der Waals surface area contributed by atoms with Crippen molar-refractivity contribution in [2.45, 2.75) is 91.0 Å². The number of rotatable bonds is 20. The van der Waals surface area contributed by atoms with Crippen LogP contribution in [0.25, 0.3) is 0 Å². The summed E-state index contributed by atoms with van der Waals surface area (Å²) >= 11 is 0. The third-order valence-corrected chi connectivity index (χ3v) is 7.15. The van der Waals surface area contributed by atoms with Gasteiger partial charge in [-0.2, -0.15) is 0 Å². The molecule has 5 nitrogen and oxygen atoms in total. The summed E-state index contributed by atoms with van der Waals surface area (Å²) in [6, 6.07) is 0.872. The molecule has 0 fully saturated rings. The summed E-state index contributed by atoms with van der Waals surface area (Å²) in [6.07, 6.45) is 11.6. The van der Waals surface area contributed by atoms with E-state index >= 15 is 0 Å². The van der Waals surface area contributed by atoms with E-state index in [9.17, 15) is 4.79 Å². The van der Waals surface area contributed by atoms with Crippen molar-refractivity contribution in [3.8, 4) is 0 Å². The molecule has 0 N–H and O–H groups in total. The normalized spacial score (nSPS) is 11.5. The highest BCUT2D eigenvalue weighted by Gasteiger charge is 2.40. The molecule has 160 valence electrons. The van der Waals surface area contributed by atoms with Crippen LogP contribution in [0, 0.1) is 0 Å². The van der Waals surface area contributed by atoms with E-state index in [1.807, 2.05) is 0 Å². The zero-order chi connectivity index (χ0) is 20.2. The molecule has 0 aliphatic heterocycles. The van der Waals surface area contributed by atoms with Gasteiger partial charge in [-0.15, -0.1) is 0 Å². The minimum absolute atomic E-state index is 0.348. The smallest absolute Gasteiger partial charge is 0.463 e.